The minimum atomic E-state index is 0.0929. The second kappa shape index (κ2) is 5.78. The van der Waals surface area contributed by atoms with Gasteiger partial charge in [-0.3, -0.25) is 9.78 Å². The minimum absolute atomic E-state index is 0.0929. The van der Waals surface area contributed by atoms with Crippen molar-refractivity contribution in [2.24, 2.45) is 17.3 Å². The van der Waals surface area contributed by atoms with Gasteiger partial charge in [0.2, 0.25) is 5.91 Å². The van der Waals surface area contributed by atoms with Gasteiger partial charge in [-0.1, -0.05) is 31.6 Å². The third kappa shape index (κ3) is 3.27. The van der Waals surface area contributed by atoms with Gasteiger partial charge in [-0.15, -0.1) is 0 Å². The predicted octanol–water partition coefficient (Wildman–Crippen LogP) is 2.98. The van der Waals surface area contributed by atoms with Crippen LogP contribution >= 0.6 is 0 Å². The number of nitrogens with one attached hydrogen (secondary N) is 1. The van der Waals surface area contributed by atoms with Gasteiger partial charge in [0.05, 0.1) is 5.92 Å². The first-order chi connectivity index (χ1) is 9.43. The first-order valence-electron chi connectivity index (χ1n) is 7.24. The summed E-state index contributed by atoms with van der Waals surface area (Å²) in [6.45, 7) is 9.20. The van der Waals surface area contributed by atoms with Crippen molar-refractivity contribution in [3.8, 4) is 0 Å². The SMILES string of the molecule is CC(C)=CC1C(C(=O)NCCc2cccnc2)C1(C)C. The van der Waals surface area contributed by atoms with E-state index in [9.17, 15) is 4.79 Å². The zero-order valence-electron chi connectivity index (χ0n) is 12.8. The Balaban J connectivity index is 1.83. The predicted molar refractivity (Wildman–Crippen MR) is 81.1 cm³/mol. The van der Waals surface area contributed by atoms with Crippen molar-refractivity contribution < 1.29 is 4.79 Å². The molecule has 1 aromatic rings. The molecule has 0 aliphatic heterocycles. The molecule has 1 saturated carbocycles. The molecule has 1 amide bonds. The van der Waals surface area contributed by atoms with Gasteiger partial charge in [-0.05, 0) is 43.2 Å². The highest BCUT2D eigenvalue weighted by Gasteiger charge is 2.60. The molecular weight excluding hydrogens is 248 g/mol. The van der Waals surface area contributed by atoms with E-state index in [2.05, 4.69) is 44.1 Å². The summed E-state index contributed by atoms with van der Waals surface area (Å²) in [5.74, 6) is 0.679. The molecule has 3 heteroatoms. The first-order valence-corrected chi connectivity index (χ1v) is 7.24. The van der Waals surface area contributed by atoms with Crippen LogP contribution in [0.4, 0.5) is 0 Å². The van der Waals surface area contributed by atoms with Crippen molar-refractivity contribution in [2.75, 3.05) is 6.54 Å². The summed E-state index contributed by atoms with van der Waals surface area (Å²) in [7, 11) is 0. The number of carbonyl (C=O) groups is 1. The van der Waals surface area contributed by atoms with Crippen molar-refractivity contribution in [3.63, 3.8) is 0 Å². The fourth-order valence-corrected chi connectivity index (χ4v) is 2.83. The minimum Gasteiger partial charge on any atom is -0.355 e. The van der Waals surface area contributed by atoms with Crippen LogP contribution in [0.3, 0.4) is 0 Å². The summed E-state index contributed by atoms with van der Waals surface area (Å²) in [5.41, 5.74) is 2.53. The lowest BCUT2D eigenvalue weighted by Gasteiger charge is -2.06. The van der Waals surface area contributed by atoms with Crippen molar-refractivity contribution >= 4 is 5.91 Å². The number of amides is 1. The van der Waals surface area contributed by atoms with Crippen LogP contribution in [-0.2, 0) is 11.2 Å². The zero-order valence-corrected chi connectivity index (χ0v) is 12.8. The average Bonchev–Trinajstić information content (AvgIpc) is 2.91. The first kappa shape index (κ1) is 14.8. The van der Waals surface area contributed by atoms with Crippen LogP contribution in [-0.4, -0.2) is 17.4 Å². The molecule has 2 unspecified atom stereocenters. The normalized spacial score (nSPS) is 23.0. The molecule has 1 aliphatic rings. The second-order valence-electron chi connectivity index (χ2n) is 6.47. The fourth-order valence-electron chi connectivity index (χ4n) is 2.83. The summed E-state index contributed by atoms with van der Waals surface area (Å²) < 4.78 is 0. The monoisotopic (exact) mass is 272 g/mol. The van der Waals surface area contributed by atoms with E-state index >= 15 is 0 Å². The van der Waals surface area contributed by atoms with Crippen LogP contribution < -0.4 is 5.32 Å². The van der Waals surface area contributed by atoms with E-state index in [4.69, 9.17) is 0 Å². The Morgan fingerprint density at radius 2 is 2.20 bits per heavy atom. The molecule has 108 valence electrons. The molecule has 20 heavy (non-hydrogen) atoms. The third-order valence-electron chi connectivity index (χ3n) is 4.14. The van der Waals surface area contributed by atoms with Gasteiger partial charge in [-0.25, -0.2) is 0 Å². The third-order valence-corrected chi connectivity index (χ3v) is 4.14. The van der Waals surface area contributed by atoms with Crippen LogP contribution in [0.2, 0.25) is 0 Å². The molecule has 3 nitrogen and oxygen atoms in total. The lowest BCUT2D eigenvalue weighted by Crippen LogP contribution is -2.28. The van der Waals surface area contributed by atoms with Crippen LogP contribution in [0.15, 0.2) is 36.2 Å². The molecule has 0 spiro atoms. The van der Waals surface area contributed by atoms with E-state index in [0.717, 1.165) is 12.0 Å². The van der Waals surface area contributed by atoms with Gasteiger partial charge in [0.15, 0.2) is 0 Å². The molecule has 0 saturated heterocycles. The largest absolute Gasteiger partial charge is 0.355 e. The Bertz CT molecular complexity index is 501. The number of rotatable bonds is 5. The van der Waals surface area contributed by atoms with Crippen molar-refractivity contribution in [2.45, 2.75) is 34.1 Å². The summed E-state index contributed by atoms with van der Waals surface area (Å²) in [6, 6.07) is 3.96. The maximum atomic E-state index is 12.2. The van der Waals surface area contributed by atoms with E-state index in [0.29, 0.717) is 12.5 Å². The summed E-state index contributed by atoms with van der Waals surface area (Å²) in [4.78, 5) is 16.3. The molecule has 1 N–H and O–H groups in total. The topological polar surface area (TPSA) is 42.0 Å². The molecule has 2 atom stereocenters. The molecule has 0 bridgehead atoms. The molecule has 1 heterocycles. The van der Waals surface area contributed by atoms with Crippen molar-refractivity contribution in [1.82, 2.24) is 10.3 Å². The summed E-state index contributed by atoms with van der Waals surface area (Å²) in [5, 5.41) is 3.06. The molecular formula is C17H24N2O. The van der Waals surface area contributed by atoms with Crippen LogP contribution in [0.5, 0.6) is 0 Å². The fraction of sp³-hybridized carbons (Fsp3) is 0.529. The number of carbonyl (C=O) groups excluding carboxylic acids is 1. The quantitative estimate of drug-likeness (QED) is 0.837. The summed E-state index contributed by atoms with van der Waals surface area (Å²) >= 11 is 0. The Hall–Kier alpha value is -1.64. The van der Waals surface area contributed by atoms with Crippen molar-refractivity contribution in [1.29, 1.82) is 0 Å². The number of hydrogen-bond acceptors (Lipinski definition) is 2. The Morgan fingerprint density at radius 1 is 1.45 bits per heavy atom. The molecule has 1 fully saturated rings. The number of allylic oxidation sites excluding steroid dienone is 2. The van der Waals surface area contributed by atoms with E-state index < -0.39 is 0 Å². The Labute approximate surface area is 121 Å². The van der Waals surface area contributed by atoms with Gasteiger partial charge in [0, 0.05) is 18.9 Å². The molecule has 2 rings (SSSR count). The highest BCUT2D eigenvalue weighted by molar-refractivity contribution is 5.83. The average molecular weight is 272 g/mol. The maximum Gasteiger partial charge on any atom is 0.224 e. The Kier molecular flexibility index (Phi) is 4.26. The zero-order chi connectivity index (χ0) is 14.8. The molecule has 1 aliphatic carbocycles. The molecule has 0 aromatic carbocycles. The lowest BCUT2D eigenvalue weighted by molar-refractivity contribution is -0.123. The maximum absolute atomic E-state index is 12.2. The van der Waals surface area contributed by atoms with Gasteiger partial charge in [-0.2, -0.15) is 0 Å². The van der Waals surface area contributed by atoms with Gasteiger partial charge in [0.25, 0.3) is 0 Å². The van der Waals surface area contributed by atoms with E-state index in [1.807, 2.05) is 18.3 Å². The van der Waals surface area contributed by atoms with E-state index in [1.165, 1.54) is 5.57 Å². The number of nitrogens with zero attached hydrogens (tertiary/aromatic N) is 1. The van der Waals surface area contributed by atoms with E-state index in [1.54, 1.807) is 6.20 Å². The standard InChI is InChI=1S/C17H24N2O/c1-12(2)10-14-15(17(14,3)4)16(20)19-9-7-13-6-5-8-18-11-13/h5-6,8,10-11,14-15H,7,9H2,1-4H3,(H,19,20). The molecule has 1 aromatic heterocycles. The lowest BCUT2D eigenvalue weighted by atomic mass is 10.1. The highest BCUT2D eigenvalue weighted by Crippen LogP contribution is 2.59. The Morgan fingerprint density at radius 3 is 2.80 bits per heavy atom. The van der Waals surface area contributed by atoms with Gasteiger partial charge >= 0.3 is 0 Å². The molecule has 0 radical (unpaired) electrons. The highest BCUT2D eigenvalue weighted by atomic mass is 16.2. The van der Waals surface area contributed by atoms with Crippen LogP contribution in [0.25, 0.3) is 0 Å². The van der Waals surface area contributed by atoms with Crippen molar-refractivity contribution in [3.05, 3.63) is 41.7 Å². The van der Waals surface area contributed by atoms with Crippen LogP contribution in [0, 0.1) is 17.3 Å². The van der Waals surface area contributed by atoms with E-state index in [-0.39, 0.29) is 17.2 Å². The second-order valence-corrected chi connectivity index (χ2v) is 6.47. The van der Waals surface area contributed by atoms with Gasteiger partial charge < -0.3 is 5.32 Å². The van der Waals surface area contributed by atoms with Gasteiger partial charge in [0.1, 0.15) is 0 Å². The summed E-state index contributed by atoms with van der Waals surface area (Å²) in [6.07, 6.45) is 6.67. The smallest absolute Gasteiger partial charge is 0.224 e. The van der Waals surface area contributed by atoms with Crippen LogP contribution in [0.1, 0.15) is 33.3 Å². The number of hydrogen-bond donors (Lipinski definition) is 1. The number of aromatic nitrogens is 1. The number of pyridine rings is 1.